The van der Waals surface area contributed by atoms with Crippen LogP contribution in [0, 0.1) is 5.92 Å². The summed E-state index contributed by atoms with van der Waals surface area (Å²) < 4.78 is 4.61. The molecule has 2 rings (SSSR count). The molecule has 0 radical (unpaired) electrons. The third-order valence-electron chi connectivity index (χ3n) is 3.47. The molecule has 0 unspecified atom stereocenters. The molecule has 0 N–H and O–H groups in total. The van der Waals surface area contributed by atoms with Gasteiger partial charge in [0.25, 0.3) is 0 Å². The lowest BCUT2D eigenvalue weighted by atomic mass is 10.2. The maximum atomic E-state index is 11.8. The van der Waals surface area contributed by atoms with Gasteiger partial charge in [0.2, 0.25) is 5.91 Å². The molecular weight excluding hydrogens is 220 g/mol. The average Bonchev–Trinajstić information content (AvgIpc) is 3.20. The van der Waals surface area contributed by atoms with Crippen molar-refractivity contribution in [3.05, 3.63) is 0 Å². The van der Waals surface area contributed by atoms with Gasteiger partial charge >= 0.3 is 5.97 Å². The third-order valence-corrected chi connectivity index (χ3v) is 3.47. The van der Waals surface area contributed by atoms with Crippen molar-refractivity contribution in [2.75, 3.05) is 39.8 Å². The summed E-state index contributed by atoms with van der Waals surface area (Å²) in [6.45, 7) is 4.08. The Bertz CT molecular complexity index is 294. The Kier molecular flexibility index (Phi) is 3.99. The van der Waals surface area contributed by atoms with Crippen LogP contribution in [0.2, 0.25) is 0 Å². The van der Waals surface area contributed by atoms with Crippen LogP contribution in [-0.4, -0.2) is 61.5 Å². The lowest BCUT2D eigenvalue weighted by molar-refractivity contribution is -0.141. The molecule has 1 heterocycles. The van der Waals surface area contributed by atoms with Gasteiger partial charge in [0.05, 0.1) is 13.5 Å². The number of carbonyl (C=O) groups excluding carboxylic acids is 2. The van der Waals surface area contributed by atoms with Gasteiger partial charge in [-0.2, -0.15) is 0 Å². The predicted octanol–water partition coefficient (Wildman–Crippen LogP) is 0.104. The minimum absolute atomic E-state index is 0.165. The second-order valence-electron chi connectivity index (χ2n) is 4.77. The van der Waals surface area contributed by atoms with Gasteiger partial charge < -0.3 is 9.64 Å². The number of carbonyl (C=O) groups is 2. The molecule has 0 bridgehead atoms. The summed E-state index contributed by atoms with van der Waals surface area (Å²) in [5, 5.41) is 0. The first-order chi connectivity index (χ1) is 8.20. The molecule has 0 aromatic rings. The number of hydrogen-bond acceptors (Lipinski definition) is 4. The van der Waals surface area contributed by atoms with Crippen molar-refractivity contribution in [2.45, 2.75) is 19.3 Å². The molecule has 5 heteroatoms. The Hall–Kier alpha value is -1.10. The van der Waals surface area contributed by atoms with Gasteiger partial charge in [-0.15, -0.1) is 0 Å². The number of amides is 1. The first-order valence-corrected chi connectivity index (χ1v) is 6.28. The Labute approximate surface area is 102 Å². The Morgan fingerprint density at radius 2 is 1.82 bits per heavy atom. The maximum absolute atomic E-state index is 11.8. The van der Waals surface area contributed by atoms with E-state index in [0.717, 1.165) is 45.6 Å². The van der Waals surface area contributed by atoms with E-state index < -0.39 is 0 Å². The Morgan fingerprint density at radius 3 is 2.35 bits per heavy atom. The van der Waals surface area contributed by atoms with E-state index in [0.29, 0.717) is 18.2 Å². The number of methoxy groups -OCH3 is 1. The monoisotopic (exact) mass is 240 g/mol. The highest BCUT2D eigenvalue weighted by Crippen LogP contribution is 2.31. The molecule has 96 valence electrons. The molecular formula is C12H20N2O3. The highest BCUT2D eigenvalue weighted by atomic mass is 16.5. The van der Waals surface area contributed by atoms with Crippen molar-refractivity contribution >= 4 is 11.9 Å². The normalized spacial score (nSPS) is 21.4. The minimum atomic E-state index is -0.165. The summed E-state index contributed by atoms with van der Waals surface area (Å²) in [7, 11) is 1.41. The molecule has 1 saturated carbocycles. The van der Waals surface area contributed by atoms with E-state index in [1.54, 1.807) is 0 Å². The van der Waals surface area contributed by atoms with Crippen molar-refractivity contribution in [3.63, 3.8) is 0 Å². The van der Waals surface area contributed by atoms with Crippen LogP contribution in [0.25, 0.3) is 0 Å². The van der Waals surface area contributed by atoms with Gasteiger partial charge in [0.1, 0.15) is 0 Å². The zero-order valence-electron chi connectivity index (χ0n) is 10.4. The fraction of sp³-hybridized carbons (Fsp3) is 0.833. The highest BCUT2D eigenvalue weighted by molar-refractivity contribution is 5.81. The molecule has 2 fully saturated rings. The van der Waals surface area contributed by atoms with Crippen LogP contribution >= 0.6 is 0 Å². The second kappa shape index (κ2) is 5.49. The van der Waals surface area contributed by atoms with Gasteiger partial charge in [-0.05, 0) is 12.8 Å². The van der Waals surface area contributed by atoms with Gasteiger partial charge in [-0.1, -0.05) is 0 Å². The molecule has 5 nitrogen and oxygen atoms in total. The van der Waals surface area contributed by atoms with Crippen LogP contribution in [0.1, 0.15) is 19.3 Å². The smallest absolute Gasteiger partial charge is 0.306 e. The Morgan fingerprint density at radius 1 is 1.18 bits per heavy atom. The van der Waals surface area contributed by atoms with Gasteiger partial charge in [0.15, 0.2) is 0 Å². The van der Waals surface area contributed by atoms with E-state index in [-0.39, 0.29) is 5.97 Å². The first kappa shape index (κ1) is 12.4. The number of hydrogen-bond donors (Lipinski definition) is 0. The lowest BCUT2D eigenvalue weighted by Crippen LogP contribution is -2.49. The summed E-state index contributed by atoms with van der Waals surface area (Å²) in [5.74, 6) is 0.482. The van der Waals surface area contributed by atoms with Crippen LogP contribution < -0.4 is 0 Å². The van der Waals surface area contributed by atoms with Gasteiger partial charge in [-0.3, -0.25) is 14.5 Å². The van der Waals surface area contributed by atoms with Crippen molar-refractivity contribution in [2.24, 2.45) is 5.92 Å². The number of esters is 1. The first-order valence-electron chi connectivity index (χ1n) is 6.28. The summed E-state index contributed by atoms with van der Waals surface area (Å²) in [4.78, 5) is 27.0. The molecule has 1 aliphatic carbocycles. The summed E-state index contributed by atoms with van der Waals surface area (Å²) in [6.07, 6.45) is 2.58. The van der Waals surface area contributed by atoms with Crippen molar-refractivity contribution in [1.82, 2.24) is 9.80 Å². The quantitative estimate of drug-likeness (QED) is 0.654. The standard InChI is InChI=1S/C12H20N2O3/c1-17-11(15)4-5-13-6-8-14(9-7-13)12(16)10-2-3-10/h10H,2-9H2,1H3. The molecule has 17 heavy (non-hydrogen) atoms. The van der Waals surface area contributed by atoms with Crippen molar-refractivity contribution in [3.8, 4) is 0 Å². The number of piperazine rings is 1. The SMILES string of the molecule is COC(=O)CCN1CCN(C(=O)C2CC2)CC1. The molecule has 1 saturated heterocycles. The largest absolute Gasteiger partial charge is 0.469 e. The topological polar surface area (TPSA) is 49.9 Å². The average molecular weight is 240 g/mol. The van der Waals surface area contributed by atoms with Crippen LogP contribution in [0.4, 0.5) is 0 Å². The van der Waals surface area contributed by atoms with E-state index in [1.165, 1.54) is 7.11 Å². The fourth-order valence-corrected chi connectivity index (χ4v) is 2.13. The molecule has 2 aliphatic rings. The van der Waals surface area contributed by atoms with E-state index in [4.69, 9.17) is 0 Å². The molecule has 1 aliphatic heterocycles. The van der Waals surface area contributed by atoms with Gasteiger partial charge in [0, 0.05) is 38.6 Å². The zero-order valence-corrected chi connectivity index (χ0v) is 10.4. The molecule has 0 spiro atoms. The number of ether oxygens (including phenoxy) is 1. The number of nitrogens with zero attached hydrogens (tertiary/aromatic N) is 2. The molecule has 0 atom stereocenters. The van der Waals surface area contributed by atoms with Crippen LogP contribution in [0.5, 0.6) is 0 Å². The van der Waals surface area contributed by atoms with Crippen LogP contribution in [0.3, 0.4) is 0 Å². The lowest BCUT2D eigenvalue weighted by Gasteiger charge is -2.34. The Balaban J connectivity index is 1.66. The van der Waals surface area contributed by atoms with E-state index in [1.807, 2.05) is 4.90 Å². The molecule has 1 amide bonds. The van der Waals surface area contributed by atoms with Crippen LogP contribution in [-0.2, 0) is 14.3 Å². The van der Waals surface area contributed by atoms with Crippen molar-refractivity contribution in [1.29, 1.82) is 0 Å². The second-order valence-corrected chi connectivity index (χ2v) is 4.77. The summed E-state index contributed by atoms with van der Waals surface area (Å²) >= 11 is 0. The highest BCUT2D eigenvalue weighted by Gasteiger charge is 2.34. The maximum Gasteiger partial charge on any atom is 0.306 e. The van der Waals surface area contributed by atoms with Gasteiger partial charge in [-0.25, -0.2) is 0 Å². The summed E-state index contributed by atoms with van der Waals surface area (Å²) in [6, 6.07) is 0. The van der Waals surface area contributed by atoms with Crippen LogP contribution in [0.15, 0.2) is 0 Å². The zero-order chi connectivity index (χ0) is 12.3. The molecule has 0 aromatic heterocycles. The van der Waals surface area contributed by atoms with E-state index in [2.05, 4.69) is 9.64 Å². The molecule has 0 aromatic carbocycles. The summed E-state index contributed by atoms with van der Waals surface area (Å²) in [5.41, 5.74) is 0. The number of rotatable bonds is 4. The third kappa shape index (κ3) is 3.43. The van der Waals surface area contributed by atoms with Crippen molar-refractivity contribution < 1.29 is 14.3 Å². The van der Waals surface area contributed by atoms with E-state index in [9.17, 15) is 9.59 Å². The fourth-order valence-electron chi connectivity index (χ4n) is 2.13. The predicted molar refractivity (Wildman–Crippen MR) is 62.4 cm³/mol. The van der Waals surface area contributed by atoms with E-state index >= 15 is 0 Å². The minimum Gasteiger partial charge on any atom is -0.469 e.